The molecule has 2 aliphatic rings. The molecule has 1 aliphatic heterocycles. The van der Waals surface area contributed by atoms with Gasteiger partial charge in [0.2, 0.25) is 0 Å². The van der Waals surface area contributed by atoms with Crippen molar-refractivity contribution in [3.05, 3.63) is 41.5 Å². The molecule has 1 aliphatic carbocycles. The first-order chi connectivity index (χ1) is 12.1. The first kappa shape index (κ1) is 17.1. The normalized spacial score (nSPS) is 27.0. The van der Waals surface area contributed by atoms with Crippen LogP contribution >= 0.6 is 11.8 Å². The van der Waals surface area contributed by atoms with E-state index in [2.05, 4.69) is 18.2 Å². The maximum absolute atomic E-state index is 9.87. The Bertz CT molecular complexity index is 839. The summed E-state index contributed by atoms with van der Waals surface area (Å²) in [6, 6.07) is 13.6. The standard InChI is InChI=1S/C19H16N4OS/c1-24-13-4-2-12(3-5-13)17-16-9-25-7-6-14(16)15(8-20)18(23)19(17,10-21)11-22/h2-6,15-17,23H,7,9H2,1H3/t15-,16-,17+/m1/s1. The third-order valence-electron chi connectivity index (χ3n) is 5.03. The Morgan fingerprint density at radius 3 is 2.44 bits per heavy atom. The number of nitrogens with zero attached hydrogens (tertiary/aromatic N) is 3. The number of thioether (sulfide) groups is 1. The van der Waals surface area contributed by atoms with Crippen molar-refractivity contribution < 1.29 is 4.74 Å². The zero-order valence-corrected chi connectivity index (χ0v) is 14.5. The SMILES string of the molecule is COc1ccc([C@H]2[C@@H]3CSCC=C3[C@@H](C#N)C(=N)C2(C#N)C#N)cc1. The van der Waals surface area contributed by atoms with Gasteiger partial charge >= 0.3 is 0 Å². The average molecular weight is 348 g/mol. The van der Waals surface area contributed by atoms with Gasteiger partial charge < -0.3 is 10.1 Å². The van der Waals surface area contributed by atoms with Gasteiger partial charge in [-0.1, -0.05) is 18.2 Å². The lowest BCUT2D eigenvalue weighted by molar-refractivity contribution is 0.377. The number of methoxy groups -OCH3 is 1. The molecule has 1 aromatic rings. The maximum atomic E-state index is 9.87. The molecule has 1 aromatic carbocycles. The van der Waals surface area contributed by atoms with Crippen LogP contribution in [0.15, 0.2) is 35.9 Å². The fraction of sp³-hybridized carbons (Fsp3) is 0.368. The van der Waals surface area contributed by atoms with E-state index in [1.807, 2.05) is 18.2 Å². The molecule has 0 radical (unpaired) electrons. The molecule has 6 heteroatoms. The van der Waals surface area contributed by atoms with E-state index in [4.69, 9.17) is 10.1 Å². The predicted molar refractivity (Wildman–Crippen MR) is 95.1 cm³/mol. The van der Waals surface area contributed by atoms with Crippen LogP contribution < -0.4 is 4.74 Å². The fourth-order valence-electron chi connectivity index (χ4n) is 3.80. The van der Waals surface area contributed by atoms with E-state index >= 15 is 0 Å². The molecule has 124 valence electrons. The predicted octanol–water partition coefficient (Wildman–Crippen LogP) is 3.27. The highest BCUT2D eigenvalue weighted by atomic mass is 32.2. The topological polar surface area (TPSA) is 104 Å². The summed E-state index contributed by atoms with van der Waals surface area (Å²) in [5.74, 6) is 0.852. The Morgan fingerprint density at radius 1 is 1.20 bits per heavy atom. The summed E-state index contributed by atoms with van der Waals surface area (Å²) in [5.41, 5.74) is -0.0265. The van der Waals surface area contributed by atoms with Crippen molar-refractivity contribution in [2.24, 2.45) is 17.3 Å². The van der Waals surface area contributed by atoms with Crippen molar-refractivity contribution >= 4 is 17.5 Å². The molecule has 1 saturated carbocycles. The molecule has 0 spiro atoms. The van der Waals surface area contributed by atoms with Crippen molar-refractivity contribution in [1.29, 1.82) is 21.2 Å². The van der Waals surface area contributed by atoms with Crippen molar-refractivity contribution in [3.63, 3.8) is 0 Å². The molecule has 0 unspecified atom stereocenters. The molecule has 1 fully saturated rings. The fourth-order valence-corrected chi connectivity index (χ4v) is 4.88. The highest BCUT2D eigenvalue weighted by Crippen LogP contribution is 2.54. The molecule has 0 amide bonds. The lowest BCUT2D eigenvalue weighted by Crippen LogP contribution is -2.49. The van der Waals surface area contributed by atoms with Gasteiger partial charge in [-0.15, -0.1) is 0 Å². The first-order valence-corrected chi connectivity index (χ1v) is 9.01. The molecule has 5 nitrogen and oxygen atoms in total. The van der Waals surface area contributed by atoms with Crippen LogP contribution in [-0.2, 0) is 0 Å². The van der Waals surface area contributed by atoms with E-state index in [1.165, 1.54) is 0 Å². The zero-order chi connectivity index (χ0) is 18.0. The van der Waals surface area contributed by atoms with E-state index in [-0.39, 0.29) is 11.6 Å². The van der Waals surface area contributed by atoms with Crippen molar-refractivity contribution in [3.8, 4) is 24.0 Å². The number of ether oxygens (including phenoxy) is 1. The maximum Gasteiger partial charge on any atom is 0.189 e. The van der Waals surface area contributed by atoms with Gasteiger partial charge in [0.15, 0.2) is 5.41 Å². The number of hydrogen-bond acceptors (Lipinski definition) is 6. The van der Waals surface area contributed by atoms with Gasteiger partial charge in [0, 0.05) is 23.3 Å². The molecular formula is C19H16N4OS. The molecule has 0 saturated heterocycles. The Balaban J connectivity index is 2.21. The lowest BCUT2D eigenvalue weighted by atomic mass is 9.55. The van der Waals surface area contributed by atoms with Gasteiger partial charge in [-0.2, -0.15) is 27.5 Å². The average Bonchev–Trinajstić information content (AvgIpc) is 2.67. The third kappa shape index (κ3) is 2.49. The second-order valence-corrected chi connectivity index (χ2v) is 7.18. The van der Waals surface area contributed by atoms with Crippen LogP contribution in [0.1, 0.15) is 11.5 Å². The highest BCUT2D eigenvalue weighted by molar-refractivity contribution is 7.99. The number of nitrogens with one attached hydrogen (secondary N) is 1. The Labute approximate surface area is 151 Å². The van der Waals surface area contributed by atoms with Gasteiger partial charge in [0.1, 0.15) is 11.7 Å². The molecule has 1 N–H and O–H groups in total. The number of nitriles is 3. The van der Waals surface area contributed by atoms with Crippen LogP contribution in [0, 0.1) is 56.7 Å². The third-order valence-corrected chi connectivity index (χ3v) is 6.03. The number of rotatable bonds is 2. The number of allylic oxidation sites excluding steroid dienone is 1. The molecule has 3 atom stereocenters. The second-order valence-electron chi connectivity index (χ2n) is 6.11. The van der Waals surface area contributed by atoms with Gasteiger partial charge in [-0.05, 0) is 23.3 Å². The van der Waals surface area contributed by atoms with E-state index in [1.54, 1.807) is 31.0 Å². The van der Waals surface area contributed by atoms with Crippen molar-refractivity contribution in [2.75, 3.05) is 18.6 Å². The molecule has 0 bridgehead atoms. The summed E-state index contributed by atoms with van der Waals surface area (Å²) >= 11 is 1.72. The molecule has 3 rings (SSSR count). The summed E-state index contributed by atoms with van der Waals surface area (Å²) in [5, 5.41) is 37.8. The number of hydrogen-bond donors (Lipinski definition) is 1. The Kier molecular flexibility index (Phi) is 4.53. The molecule has 1 heterocycles. The summed E-state index contributed by atoms with van der Waals surface area (Å²) in [6.45, 7) is 0. The second kappa shape index (κ2) is 6.63. The van der Waals surface area contributed by atoms with Crippen LogP contribution in [-0.4, -0.2) is 24.3 Å². The number of fused-ring (bicyclic) bond motifs is 1. The van der Waals surface area contributed by atoms with Crippen LogP contribution in [0.2, 0.25) is 0 Å². The van der Waals surface area contributed by atoms with Crippen LogP contribution in [0.5, 0.6) is 5.75 Å². The molecular weight excluding hydrogens is 332 g/mol. The molecule has 25 heavy (non-hydrogen) atoms. The van der Waals surface area contributed by atoms with Gasteiger partial charge in [0.05, 0.1) is 31.0 Å². The minimum absolute atomic E-state index is 0.102. The van der Waals surface area contributed by atoms with E-state index in [0.29, 0.717) is 5.75 Å². The van der Waals surface area contributed by atoms with E-state index < -0.39 is 17.3 Å². The number of benzene rings is 1. The summed E-state index contributed by atoms with van der Waals surface area (Å²) < 4.78 is 5.19. The smallest absolute Gasteiger partial charge is 0.189 e. The van der Waals surface area contributed by atoms with Crippen molar-refractivity contribution in [1.82, 2.24) is 0 Å². The van der Waals surface area contributed by atoms with Crippen LogP contribution in [0.25, 0.3) is 0 Å². The monoisotopic (exact) mass is 348 g/mol. The van der Waals surface area contributed by atoms with E-state index in [9.17, 15) is 15.8 Å². The van der Waals surface area contributed by atoms with Gasteiger partial charge in [-0.25, -0.2) is 0 Å². The summed E-state index contributed by atoms with van der Waals surface area (Å²) in [7, 11) is 1.58. The highest BCUT2D eigenvalue weighted by Gasteiger charge is 2.57. The largest absolute Gasteiger partial charge is 0.497 e. The van der Waals surface area contributed by atoms with Gasteiger partial charge in [0.25, 0.3) is 0 Å². The summed E-state index contributed by atoms with van der Waals surface area (Å²) in [6.07, 6.45) is 2.00. The lowest BCUT2D eigenvalue weighted by Gasteiger charge is -2.45. The van der Waals surface area contributed by atoms with Gasteiger partial charge in [-0.3, -0.25) is 0 Å². The minimum atomic E-state index is -1.63. The minimum Gasteiger partial charge on any atom is -0.497 e. The van der Waals surface area contributed by atoms with Crippen LogP contribution in [0.3, 0.4) is 0 Å². The van der Waals surface area contributed by atoms with Crippen molar-refractivity contribution in [2.45, 2.75) is 5.92 Å². The zero-order valence-electron chi connectivity index (χ0n) is 13.7. The summed E-state index contributed by atoms with van der Waals surface area (Å²) in [4.78, 5) is 0. The quantitative estimate of drug-likeness (QED) is 0.826. The molecule has 0 aromatic heterocycles. The van der Waals surface area contributed by atoms with Crippen LogP contribution in [0.4, 0.5) is 0 Å². The van der Waals surface area contributed by atoms with E-state index in [0.717, 1.165) is 22.6 Å². The first-order valence-electron chi connectivity index (χ1n) is 7.85. The Morgan fingerprint density at radius 2 is 1.88 bits per heavy atom. The Hall–Kier alpha value is -2.75.